The molecule has 18 heavy (non-hydrogen) atoms. The van der Waals surface area contributed by atoms with Crippen molar-refractivity contribution < 1.29 is 4.79 Å². The molecule has 0 fully saturated rings. The number of ketones is 1. The molecule has 1 heterocycles. The Balaban J connectivity index is 2.38. The highest BCUT2D eigenvalue weighted by Gasteiger charge is 2.22. The van der Waals surface area contributed by atoms with Crippen LogP contribution >= 0.6 is 0 Å². The van der Waals surface area contributed by atoms with Gasteiger partial charge in [0.2, 0.25) is 0 Å². The molecule has 0 aliphatic carbocycles. The lowest BCUT2D eigenvalue weighted by atomic mass is 9.88. The van der Waals surface area contributed by atoms with Crippen molar-refractivity contribution >= 4 is 16.8 Å². The van der Waals surface area contributed by atoms with Gasteiger partial charge in [0.25, 0.3) is 0 Å². The van der Waals surface area contributed by atoms with Gasteiger partial charge in [0.05, 0.1) is 11.0 Å². The predicted octanol–water partition coefficient (Wildman–Crippen LogP) is 2.28. The van der Waals surface area contributed by atoms with Crippen LogP contribution in [0.1, 0.15) is 30.0 Å². The molecule has 0 aliphatic rings. The SMILES string of the molecule is Cc1nc2ccc(C(=O)C(CN)C(C)C)cc2[nH]1. The molecule has 2 aromatic rings. The van der Waals surface area contributed by atoms with Gasteiger partial charge in [-0.2, -0.15) is 0 Å². The Bertz CT molecular complexity index is 571. The van der Waals surface area contributed by atoms with Crippen molar-refractivity contribution in [2.45, 2.75) is 20.8 Å². The number of carbonyl (C=O) groups excluding carboxylic acids is 1. The summed E-state index contributed by atoms with van der Waals surface area (Å²) in [5, 5.41) is 0. The van der Waals surface area contributed by atoms with E-state index in [9.17, 15) is 4.79 Å². The average Bonchev–Trinajstić information content (AvgIpc) is 2.68. The molecule has 0 saturated carbocycles. The molecule has 1 unspecified atom stereocenters. The molecule has 4 nitrogen and oxygen atoms in total. The third-order valence-corrected chi connectivity index (χ3v) is 3.28. The number of aromatic nitrogens is 2. The van der Waals surface area contributed by atoms with Gasteiger partial charge in [-0.1, -0.05) is 13.8 Å². The van der Waals surface area contributed by atoms with Gasteiger partial charge in [0.1, 0.15) is 5.82 Å². The van der Waals surface area contributed by atoms with Crippen molar-refractivity contribution in [3.63, 3.8) is 0 Å². The van der Waals surface area contributed by atoms with E-state index in [2.05, 4.69) is 9.97 Å². The van der Waals surface area contributed by atoms with Crippen LogP contribution in [-0.4, -0.2) is 22.3 Å². The van der Waals surface area contributed by atoms with Crippen LogP contribution in [0.5, 0.6) is 0 Å². The number of H-pyrrole nitrogens is 1. The van der Waals surface area contributed by atoms with Gasteiger partial charge in [-0.25, -0.2) is 4.98 Å². The third kappa shape index (κ3) is 2.29. The van der Waals surface area contributed by atoms with E-state index in [4.69, 9.17) is 5.73 Å². The van der Waals surface area contributed by atoms with Gasteiger partial charge in [-0.3, -0.25) is 4.79 Å². The first-order chi connectivity index (χ1) is 8.52. The number of benzene rings is 1. The number of Topliss-reactive ketones (excluding diaryl/α,β-unsaturated/α-hetero) is 1. The van der Waals surface area contributed by atoms with Crippen molar-refractivity contribution in [3.8, 4) is 0 Å². The number of aryl methyl sites for hydroxylation is 1. The second-order valence-corrected chi connectivity index (χ2v) is 5.00. The van der Waals surface area contributed by atoms with E-state index in [0.29, 0.717) is 12.1 Å². The zero-order chi connectivity index (χ0) is 13.3. The zero-order valence-corrected chi connectivity index (χ0v) is 11.0. The standard InChI is InChI=1S/C14H19N3O/c1-8(2)11(7-15)14(18)10-4-5-12-13(6-10)17-9(3)16-12/h4-6,8,11H,7,15H2,1-3H3,(H,16,17). The second-order valence-electron chi connectivity index (χ2n) is 5.00. The van der Waals surface area contributed by atoms with E-state index in [-0.39, 0.29) is 17.6 Å². The molecule has 1 atom stereocenters. The first-order valence-electron chi connectivity index (χ1n) is 6.23. The number of hydrogen-bond acceptors (Lipinski definition) is 3. The minimum atomic E-state index is -0.119. The second kappa shape index (κ2) is 4.90. The summed E-state index contributed by atoms with van der Waals surface area (Å²) in [4.78, 5) is 19.8. The minimum absolute atomic E-state index is 0.113. The fourth-order valence-corrected chi connectivity index (χ4v) is 2.19. The number of carbonyl (C=O) groups is 1. The number of imidazole rings is 1. The van der Waals surface area contributed by atoms with Gasteiger partial charge in [-0.05, 0) is 31.0 Å². The Morgan fingerprint density at radius 2 is 2.17 bits per heavy atom. The highest BCUT2D eigenvalue weighted by atomic mass is 16.1. The van der Waals surface area contributed by atoms with Crippen molar-refractivity contribution in [2.24, 2.45) is 17.6 Å². The number of nitrogens with zero attached hydrogens (tertiary/aromatic N) is 1. The van der Waals surface area contributed by atoms with Gasteiger partial charge in [0.15, 0.2) is 5.78 Å². The number of hydrogen-bond donors (Lipinski definition) is 2. The van der Waals surface area contributed by atoms with Crippen LogP contribution in [0, 0.1) is 18.8 Å². The molecule has 3 N–H and O–H groups in total. The maximum Gasteiger partial charge on any atom is 0.167 e. The molecule has 0 saturated heterocycles. The largest absolute Gasteiger partial charge is 0.342 e. The van der Waals surface area contributed by atoms with Crippen LogP contribution in [0.3, 0.4) is 0 Å². The van der Waals surface area contributed by atoms with E-state index >= 15 is 0 Å². The maximum atomic E-state index is 12.4. The first kappa shape index (κ1) is 12.8. The molecular weight excluding hydrogens is 226 g/mol. The van der Waals surface area contributed by atoms with E-state index < -0.39 is 0 Å². The Morgan fingerprint density at radius 1 is 1.44 bits per heavy atom. The van der Waals surface area contributed by atoms with Crippen molar-refractivity contribution in [2.75, 3.05) is 6.54 Å². The first-order valence-corrected chi connectivity index (χ1v) is 6.23. The molecule has 0 spiro atoms. The highest BCUT2D eigenvalue weighted by molar-refractivity contribution is 6.00. The number of fused-ring (bicyclic) bond motifs is 1. The Kier molecular flexibility index (Phi) is 3.48. The summed E-state index contributed by atoms with van der Waals surface area (Å²) in [5.41, 5.74) is 8.18. The molecule has 0 amide bonds. The van der Waals surface area contributed by atoms with Crippen LogP contribution in [0.15, 0.2) is 18.2 Å². The van der Waals surface area contributed by atoms with Crippen LogP contribution in [0.25, 0.3) is 11.0 Å². The maximum absolute atomic E-state index is 12.4. The molecular formula is C14H19N3O. The number of nitrogens with two attached hydrogens (primary N) is 1. The molecule has 96 valence electrons. The molecule has 0 radical (unpaired) electrons. The normalized spacial score (nSPS) is 13.2. The van der Waals surface area contributed by atoms with Gasteiger partial charge < -0.3 is 10.7 Å². The van der Waals surface area contributed by atoms with E-state index in [1.165, 1.54) is 0 Å². The predicted molar refractivity (Wildman–Crippen MR) is 72.5 cm³/mol. The van der Waals surface area contributed by atoms with Crippen molar-refractivity contribution in [3.05, 3.63) is 29.6 Å². The summed E-state index contributed by atoms with van der Waals surface area (Å²) in [7, 11) is 0. The molecule has 2 rings (SSSR count). The minimum Gasteiger partial charge on any atom is -0.342 e. The number of nitrogens with one attached hydrogen (secondary N) is 1. The summed E-state index contributed by atoms with van der Waals surface area (Å²) in [5.74, 6) is 1.10. The smallest absolute Gasteiger partial charge is 0.167 e. The lowest BCUT2D eigenvalue weighted by molar-refractivity contribution is 0.0892. The summed E-state index contributed by atoms with van der Waals surface area (Å²) in [6.45, 7) is 6.33. The monoisotopic (exact) mass is 245 g/mol. The quantitative estimate of drug-likeness (QED) is 0.812. The Labute approximate surface area is 107 Å². The summed E-state index contributed by atoms with van der Waals surface area (Å²) in [6.07, 6.45) is 0. The Morgan fingerprint density at radius 3 is 2.78 bits per heavy atom. The molecule has 0 bridgehead atoms. The summed E-state index contributed by atoms with van der Waals surface area (Å²) < 4.78 is 0. The average molecular weight is 245 g/mol. The third-order valence-electron chi connectivity index (χ3n) is 3.28. The van der Waals surface area contributed by atoms with E-state index in [1.807, 2.05) is 39.0 Å². The lowest BCUT2D eigenvalue weighted by Gasteiger charge is -2.17. The van der Waals surface area contributed by atoms with Gasteiger partial charge in [-0.15, -0.1) is 0 Å². The molecule has 4 heteroatoms. The zero-order valence-electron chi connectivity index (χ0n) is 11.0. The summed E-state index contributed by atoms with van der Waals surface area (Å²) >= 11 is 0. The summed E-state index contributed by atoms with van der Waals surface area (Å²) in [6, 6.07) is 5.57. The van der Waals surface area contributed by atoms with Crippen molar-refractivity contribution in [1.82, 2.24) is 9.97 Å². The highest BCUT2D eigenvalue weighted by Crippen LogP contribution is 2.19. The molecule has 1 aromatic carbocycles. The van der Waals surface area contributed by atoms with Crippen molar-refractivity contribution in [1.29, 1.82) is 0 Å². The fourth-order valence-electron chi connectivity index (χ4n) is 2.19. The van der Waals surface area contributed by atoms with Gasteiger partial charge in [0, 0.05) is 18.0 Å². The molecule has 1 aromatic heterocycles. The van der Waals surface area contributed by atoms with Crippen LogP contribution < -0.4 is 5.73 Å². The van der Waals surface area contributed by atoms with E-state index in [0.717, 1.165) is 16.9 Å². The van der Waals surface area contributed by atoms with Crippen LogP contribution in [0.2, 0.25) is 0 Å². The number of rotatable bonds is 4. The van der Waals surface area contributed by atoms with Crippen LogP contribution in [-0.2, 0) is 0 Å². The molecule has 0 aliphatic heterocycles. The van der Waals surface area contributed by atoms with E-state index in [1.54, 1.807) is 0 Å². The lowest BCUT2D eigenvalue weighted by Crippen LogP contribution is -2.28. The van der Waals surface area contributed by atoms with Gasteiger partial charge >= 0.3 is 0 Å². The Hall–Kier alpha value is -1.68. The topological polar surface area (TPSA) is 71.8 Å². The number of aromatic amines is 1. The fraction of sp³-hybridized carbons (Fsp3) is 0.429. The van der Waals surface area contributed by atoms with Crippen LogP contribution in [0.4, 0.5) is 0 Å².